The van der Waals surface area contributed by atoms with Crippen LogP contribution in [-0.4, -0.2) is 57.9 Å². The lowest BCUT2D eigenvalue weighted by Gasteiger charge is -2.27. The SMILES string of the molecule is CC/C=C(\C)C(=O)N1CSC[C@H]1C(=O)N(C)CCc1ccncc1. The van der Waals surface area contributed by atoms with Crippen LogP contribution in [-0.2, 0) is 16.0 Å². The largest absolute Gasteiger partial charge is 0.344 e. The summed E-state index contributed by atoms with van der Waals surface area (Å²) in [4.78, 5) is 32.7. The van der Waals surface area contributed by atoms with Crippen LogP contribution < -0.4 is 0 Å². The first kappa shape index (κ1) is 18.5. The molecule has 0 bridgehead atoms. The van der Waals surface area contributed by atoms with Gasteiger partial charge in [0.05, 0.1) is 5.88 Å². The van der Waals surface area contributed by atoms with E-state index in [1.807, 2.05) is 39.1 Å². The van der Waals surface area contributed by atoms with E-state index < -0.39 is 0 Å². The van der Waals surface area contributed by atoms with Crippen molar-refractivity contribution in [1.29, 1.82) is 0 Å². The number of pyridine rings is 1. The number of carbonyl (C=O) groups excluding carboxylic acids is 2. The van der Waals surface area contributed by atoms with E-state index in [0.717, 1.165) is 24.0 Å². The molecule has 2 rings (SSSR count). The third-order valence-corrected chi connectivity index (χ3v) is 5.15. The molecule has 6 heteroatoms. The minimum Gasteiger partial charge on any atom is -0.344 e. The second-order valence-corrected chi connectivity index (χ2v) is 6.95. The predicted octanol–water partition coefficient (Wildman–Crippen LogP) is 2.34. The Hall–Kier alpha value is -1.82. The molecule has 0 N–H and O–H groups in total. The third-order valence-electron chi connectivity index (χ3n) is 4.14. The average molecular weight is 347 g/mol. The highest BCUT2D eigenvalue weighted by Gasteiger charge is 2.36. The lowest BCUT2D eigenvalue weighted by Crippen LogP contribution is -2.48. The van der Waals surface area contributed by atoms with Crippen LogP contribution in [0.5, 0.6) is 0 Å². The molecule has 1 aromatic rings. The number of carbonyl (C=O) groups is 2. The molecule has 1 atom stereocenters. The van der Waals surface area contributed by atoms with E-state index in [2.05, 4.69) is 4.98 Å². The van der Waals surface area contributed by atoms with Crippen molar-refractivity contribution in [2.24, 2.45) is 0 Å². The third kappa shape index (κ3) is 4.60. The Morgan fingerprint density at radius 1 is 1.42 bits per heavy atom. The van der Waals surface area contributed by atoms with Crippen molar-refractivity contribution in [1.82, 2.24) is 14.8 Å². The lowest BCUT2D eigenvalue weighted by atomic mass is 10.1. The number of likely N-dealkylation sites (N-methyl/N-ethyl adjacent to an activating group) is 1. The maximum absolute atomic E-state index is 12.7. The molecule has 2 heterocycles. The fraction of sp³-hybridized carbons (Fsp3) is 0.500. The Kier molecular flexibility index (Phi) is 6.85. The molecule has 0 aliphatic carbocycles. The van der Waals surface area contributed by atoms with E-state index in [4.69, 9.17) is 0 Å². The van der Waals surface area contributed by atoms with Gasteiger partial charge in [0.15, 0.2) is 0 Å². The molecule has 5 nitrogen and oxygen atoms in total. The predicted molar refractivity (Wildman–Crippen MR) is 97.6 cm³/mol. The number of aromatic nitrogens is 1. The van der Waals surface area contributed by atoms with Crippen LogP contribution in [0.25, 0.3) is 0 Å². The van der Waals surface area contributed by atoms with Crippen molar-refractivity contribution >= 4 is 23.6 Å². The zero-order valence-corrected chi connectivity index (χ0v) is 15.4. The van der Waals surface area contributed by atoms with Gasteiger partial charge < -0.3 is 9.80 Å². The number of amides is 2. The number of hydrogen-bond donors (Lipinski definition) is 0. The van der Waals surface area contributed by atoms with Gasteiger partial charge in [0.2, 0.25) is 5.91 Å². The van der Waals surface area contributed by atoms with Crippen molar-refractivity contribution in [3.05, 3.63) is 41.7 Å². The first-order valence-electron chi connectivity index (χ1n) is 8.24. The maximum atomic E-state index is 12.7. The van der Waals surface area contributed by atoms with E-state index >= 15 is 0 Å². The van der Waals surface area contributed by atoms with Crippen LogP contribution in [0, 0.1) is 0 Å². The van der Waals surface area contributed by atoms with E-state index in [9.17, 15) is 9.59 Å². The van der Waals surface area contributed by atoms with Gasteiger partial charge in [-0.25, -0.2) is 0 Å². The Bertz CT molecular complexity index is 604. The van der Waals surface area contributed by atoms with Gasteiger partial charge in [-0.3, -0.25) is 14.6 Å². The van der Waals surface area contributed by atoms with Crippen LogP contribution in [0.4, 0.5) is 0 Å². The summed E-state index contributed by atoms with van der Waals surface area (Å²) in [5, 5.41) is 0. The molecular formula is C18H25N3O2S. The number of allylic oxidation sites excluding steroid dienone is 1. The van der Waals surface area contributed by atoms with Gasteiger partial charge in [0.25, 0.3) is 5.91 Å². The summed E-state index contributed by atoms with van der Waals surface area (Å²) in [6.07, 6.45) is 7.04. The molecule has 130 valence electrons. The minimum absolute atomic E-state index is 0.0201. The summed E-state index contributed by atoms with van der Waals surface area (Å²) in [7, 11) is 1.81. The standard InChI is InChI=1S/C18H25N3O2S/c1-4-5-14(2)17(22)21-13-24-12-16(21)18(23)20(3)11-8-15-6-9-19-10-7-15/h5-7,9-10,16H,4,8,11-13H2,1-3H3/b14-5+/t16-/m0/s1. The lowest BCUT2D eigenvalue weighted by molar-refractivity contribution is -0.140. The van der Waals surface area contributed by atoms with Gasteiger partial charge >= 0.3 is 0 Å². The topological polar surface area (TPSA) is 53.5 Å². The first-order chi connectivity index (χ1) is 11.5. The molecule has 0 aromatic carbocycles. The average Bonchev–Trinajstić information content (AvgIpc) is 3.09. The van der Waals surface area contributed by atoms with Gasteiger partial charge in [0.1, 0.15) is 6.04 Å². The molecule has 1 fully saturated rings. The van der Waals surface area contributed by atoms with Crippen LogP contribution in [0.3, 0.4) is 0 Å². The fourth-order valence-corrected chi connectivity index (χ4v) is 3.82. The zero-order valence-electron chi connectivity index (χ0n) is 14.6. The molecule has 2 amide bonds. The highest BCUT2D eigenvalue weighted by molar-refractivity contribution is 7.99. The molecule has 0 unspecified atom stereocenters. The molecule has 0 radical (unpaired) electrons. The Labute approximate surface area is 148 Å². The molecular weight excluding hydrogens is 322 g/mol. The van der Waals surface area contributed by atoms with Crippen LogP contribution >= 0.6 is 11.8 Å². The van der Waals surface area contributed by atoms with E-state index in [1.165, 1.54) is 0 Å². The van der Waals surface area contributed by atoms with Crippen LogP contribution in [0.1, 0.15) is 25.8 Å². The molecule has 1 aliphatic rings. The Morgan fingerprint density at radius 3 is 2.79 bits per heavy atom. The van der Waals surface area contributed by atoms with Crippen molar-refractivity contribution < 1.29 is 9.59 Å². The molecule has 0 saturated carbocycles. The quantitative estimate of drug-likeness (QED) is 0.741. The van der Waals surface area contributed by atoms with Crippen molar-refractivity contribution in [3.63, 3.8) is 0 Å². The van der Waals surface area contributed by atoms with Crippen molar-refractivity contribution in [2.75, 3.05) is 25.2 Å². The van der Waals surface area contributed by atoms with E-state index in [1.54, 1.807) is 34.0 Å². The Balaban J connectivity index is 1.96. The molecule has 24 heavy (non-hydrogen) atoms. The van der Waals surface area contributed by atoms with E-state index in [-0.39, 0.29) is 17.9 Å². The van der Waals surface area contributed by atoms with Crippen LogP contribution in [0.15, 0.2) is 36.2 Å². The minimum atomic E-state index is -0.356. The van der Waals surface area contributed by atoms with Crippen molar-refractivity contribution in [3.8, 4) is 0 Å². The summed E-state index contributed by atoms with van der Waals surface area (Å²) in [5.74, 6) is 1.25. The number of hydrogen-bond acceptors (Lipinski definition) is 4. The number of rotatable bonds is 6. The van der Waals surface area contributed by atoms with Gasteiger partial charge in [-0.2, -0.15) is 0 Å². The maximum Gasteiger partial charge on any atom is 0.250 e. The second kappa shape index (κ2) is 8.87. The normalized spacial score (nSPS) is 17.9. The molecule has 1 aromatic heterocycles. The van der Waals surface area contributed by atoms with E-state index in [0.29, 0.717) is 18.2 Å². The number of thioether (sulfide) groups is 1. The zero-order chi connectivity index (χ0) is 17.5. The highest BCUT2D eigenvalue weighted by Crippen LogP contribution is 2.24. The highest BCUT2D eigenvalue weighted by atomic mass is 32.2. The van der Waals surface area contributed by atoms with Gasteiger partial charge in [0, 0.05) is 37.3 Å². The summed E-state index contributed by atoms with van der Waals surface area (Å²) < 4.78 is 0. The second-order valence-electron chi connectivity index (χ2n) is 5.95. The summed E-state index contributed by atoms with van der Waals surface area (Å²) >= 11 is 1.64. The summed E-state index contributed by atoms with van der Waals surface area (Å²) in [5.41, 5.74) is 1.87. The van der Waals surface area contributed by atoms with Crippen LogP contribution in [0.2, 0.25) is 0 Å². The molecule has 0 spiro atoms. The molecule has 1 aliphatic heterocycles. The molecule has 1 saturated heterocycles. The smallest absolute Gasteiger partial charge is 0.250 e. The summed E-state index contributed by atoms with van der Waals surface area (Å²) in [6, 6.07) is 3.56. The van der Waals surface area contributed by atoms with Gasteiger partial charge in [-0.1, -0.05) is 13.0 Å². The monoisotopic (exact) mass is 347 g/mol. The Morgan fingerprint density at radius 2 is 2.12 bits per heavy atom. The first-order valence-corrected chi connectivity index (χ1v) is 9.39. The fourth-order valence-electron chi connectivity index (χ4n) is 2.68. The van der Waals surface area contributed by atoms with Gasteiger partial charge in [-0.05, 0) is 37.5 Å². The van der Waals surface area contributed by atoms with Gasteiger partial charge in [-0.15, -0.1) is 11.8 Å². The summed E-state index contributed by atoms with van der Waals surface area (Å²) in [6.45, 7) is 4.46. The number of nitrogens with zero attached hydrogens (tertiary/aromatic N) is 3. The van der Waals surface area contributed by atoms with Crippen molar-refractivity contribution in [2.45, 2.75) is 32.7 Å².